The van der Waals surface area contributed by atoms with Crippen LogP contribution in [-0.4, -0.2) is 44.3 Å². The quantitative estimate of drug-likeness (QED) is 0.775. The molecule has 0 aliphatic carbocycles. The smallest absolute Gasteiger partial charge is 0.0587 e. The van der Waals surface area contributed by atoms with Crippen LogP contribution in [0.2, 0.25) is 0 Å². The monoisotopic (exact) mass is 276 g/mol. The lowest BCUT2D eigenvalue weighted by molar-refractivity contribution is 0.191. The van der Waals surface area contributed by atoms with Crippen molar-refractivity contribution in [3.8, 4) is 0 Å². The van der Waals surface area contributed by atoms with Crippen LogP contribution in [0.25, 0.3) is 0 Å². The Morgan fingerprint density at radius 1 is 1.35 bits per heavy atom. The van der Waals surface area contributed by atoms with Gasteiger partial charge in [0.25, 0.3) is 0 Å². The summed E-state index contributed by atoms with van der Waals surface area (Å²) in [5, 5.41) is 3.50. The third-order valence-electron chi connectivity index (χ3n) is 4.24. The molecular weight excluding hydrogens is 248 g/mol. The molecule has 0 amide bonds. The molecule has 1 aliphatic rings. The van der Waals surface area contributed by atoms with Gasteiger partial charge in [-0.1, -0.05) is 23.8 Å². The van der Waals surface area contributed by atoms with Crippen LogP contribution in [-0.2, 0) is 11.3 Å². The molecule has 1 N–H and O–H groups in total. The van der Waals surface area contributed by atoms with Crippen LogP contribution >= 0.6 is 0 Å². The fourth-order valence-electron chi connectivity index (χ4n) is 2.97. The zero-order valence-electron chi connectivity index (χ0n) is 13.1. The zero-order chi connectivity index (χ0) is 14.4. The third-order valence-corrected chi connectivity index (χ3v) is 4.24. The molecule has 0 bridgehead atoms. The normalized spacial score (nSPS) is 19.6. The Hall–Kier alpha value is -0.900. The maximum atomic E-state index is 5.08. The molecule has 0 spiro atoms. The molecule has 0 aromatic heterocycles. The van der Waals surface area contributed by atoms with Crippen molar-refractivity contribution in [2.45, 2.75) is 39.3 Å². The molecule has 2 rings (SSSR count). The minimum atomic E-state index is 0.673. The van der Waals surface area contributed by atoms with Gasteiger partial charge in [0.05, 0.1) is 6.61 Å². The summed E-state index contributed by atoms with van der Waals surface area (Å²) in [6.45, 7) is 9.53. The van der Waals surface area contributed by atoms with Gasteiger partial charge in [0.1, 0.15) is 0 Å². The minimum Gasteiger partial charge on any atom is -0.383 e. The number of hydrogen-bond acceptors (Lipinski definition) is 3. The average Bonchev–Trinajstić information content (AvgIpc) is 2.86. The van der Waals surface area contributed by atoms with E-state index in [0.717, 1.165) is 26.2 Å². The first-order valence-corrected chi connectivity index (χ1v) is 7.70. The van der Waals surface area contributed by atoms with Crippen LogP contribution in [0.4, 0.5) is 0 Å². The topological polar surface area (TPSA) is 24.5 Å². The molecular formula is C17H28N2O. The predicted molar refractivity (Wildman–Crippen MR) is 84.1 cm³/mol. The Kier molecular flexibility index (Phi) is 6.02. The number of benzene rings is 1. The Bertz CT molecular complexity index is 419. The fraction of sp³-hybridized carbons (Fsp3) is 0.647. The van der Waals surface area contributed by atoms with Gasteiger partial charge in [0.15, 0.2) is 0 Å². The highest BCUT2D eigenvalue weighted by atomic mass is 16.5. The predicted octanol–water partition coefficient (Wildman–Crippen LogP) is 2.50. The summed E-state index contributed by atoms with van der Waals surface area (Å²) in [5.74, 6) is 0. The molecule has 0 saturated carbocycles. The van der Waals surface area contributed by atoms with Crippen molar-refractivity contribution in [2.24, 2.45) is 0 Å². The molecule has 0 radical (unpaired) electrons. The first-order valence-electron chi connectivity index (χ1n) is 7.70. The number of aryl methyl sites for hydroxylation is 2. The number of nitrogens with one attached hydrogen (secondary N) is 1. The number of likely N-dealkylation sites (tertiary alicyclic amines) is 1. The van der Waals surface area contributed by atoms with E-state index < -0.39 is 0 Å². The number of ether oxygens (including phenoxy) is 1. The first kappa shape index (κ1) is 15.5. The fourth-order valence-corrected chi connectivity index (χ4v) is 2.97. The van der Waals surface area contributed by atoms with Gasteiger partial charge in [-0.2, -0.15) is 0 Å². The van der Waals surface area contributed by atoms with Gasteiger partial charge in [0, 0.05) is 32.8 Å². The van der Waals surface area contributed by atoms with E-state index in [2.05, 4.69) is 42.3 Å². The van der Waals surface area contributed by atoms with Crippen LogP contribution in [0, 0.1) is 13.8 Å². The van der Waals surface area contributed by atoms with E-state index in [1.54, 1.807) is 7.11 Å². The highest BCUT2D eigenvalue weighted by Crippen LogP contribution is 2.21. The molecule has 1 fully saturated rings. The molecule has 3 nitrogen and oxygen atoms in total. The minimum absolute atomic E-state index is 0.673. The summed E-state index contributed by atoms with van der Waals surface area (Å²) in [6, 6.07) is 7.45. The van der Waals surface area contributed by atoms with Gasteiger partial charge in [0.2, 0.25) is 0 Å². The lowest BCUT2D eigenvalue weighted by atomic mass is 10.0. The van der Waals surface area contributed by atoms with Crippen molar-refractivity contribution in [1.82, 2.24) is 10.2 Å². The van der Waals surface area contributed by atoms with E-state index >= 15 is 0 Å². The second-order valence-corrected chi connectivity index (χ2v) is 5.89. The van der Waals surface area contributed by atoms with E-state index in [1.807, 2.05) is 0 Å². The third kappa shape index (κ3) is 4.30. The summed E-state index contributed by atoms with van der Waals surface area (Å²) in [5.41, 5.74) is 4.25. The number of nitrogens with zero attached hydrogens (tertiary/aromatic N) is 1. The van der Waals surface area contributed by atoms with Crippen molar-refractivity contribution in [1.29, 1.82) is 0 Å². The van der Waals surface area contributed by atoms with Gasteiger partial charge < -0.3 is 10.1 Å². The van der Waals surface area contributed by atoms with E-state index in [4.69, 9.17) is 4.74 Å². The van der Waals surface area contributed by atoms with Gasteiger partial charge in [-0.05, 0) is 44.4 Å². The van der Waals surface area contributed by atoms with Crippen LogP contribution in [0.15, 0.2) is 18.2 Å². The van der Waals surface area contributed by atoms with Gasteiger partial charge in [-0.25, -0.2) is 0 Å². The van der Waals surface area contributed by atoms with E-state index in [-0.39, 0.29) is 0 Å². The number of methoxy groups -OCH3 is 1. The van der Waals surface area contributed by atoms with Gasteiger partial charge >= 0.3 is 0 Å². The van der Waals surface area contributed by atoms with E-state index in [0.29, 0.717) is 6.04 Å². The SMILES string of the molecule is COCCNCC1CCCN1Cc1cc(C)ccc1C. The maximum absolute atomic E-state index is 5.08. The van der Waals surface area contributed by atoms with Crippen LogP contribution < -0.4 is 5.32 Å². The standard InChI is InChI=1S/C17H28N2O/c1-14-6-7-15(2)16(11-14)13-19-9-4-5-17(19)12-18-8-10-20-3/h6-7,11,17-18H,4-5,8-10,12-13H2,1-3H3. The molecule has 1 aliphatic heterocycles. The highest BCUT2D eigenvalue weighted by Gasteiger charge is 2.24. The maximum Gasteiger partial charge on any atom is 0.0587 e. The zero-order valence-corrected chi connectivity index (χ0v) is 13.1. The van der Waals surface area contributed by atoms with Crippen molar-refractivity contribution < 1.29 is 4.74 Å². The summed E-state index contributed by atoms with van der Waals surface area (Å²) in [4.78, 5) is 2.63. The molecule has 20 heavy (non-hydrogen) atoms. The summed E-state index contributed by atoms with van der Waals surface area (Å²) >= 11 is 0. The lowest BCUT2D eigenvalue weighted by Gasteiger charge is -2.25. The Balaban J connectivity index is 1.88. The Labute approximate surface area is 123 Å². The van der Waals surface area contributed by atoms with Crippen LogP contribution in [0.3, 0.4) is 0 Å². The van der Waals surface area contributed by atoms with E-state index in [1.165, 1.54) is 36.1 Å². The van der Waals surface area contributed by atoms with Crippen LogP contribution in [0.5, 0.6) is 0 Å². The lowest BCUT2D eigenvalue weighted by Crippen LogP contribution is -2.38. The summed E-state index contributed by atoms with van der Waals surface area (Å²) in [6.07, 6.45) is 2.63. The molecule has 112 valence electrons. The second kappa shape index (κ2) is 7.77. The Morgan fingerprint density at radius 3 is 3.00 bits per heavy atom. The van der Waals surface area contributed by atoms with Crippen molar-refractivity contribution in [3.63, 3.8) is 0 Å². The van der Waals surface area contributed by atoms with Crippen molar-refractivity contribution in [2.75, 3.05) is 33.4 Å². The molecule has 1 aromatic carbocycles. The molecule has 1 saturated heterocycles. The number of hydrogen-bond donors (Lipinski definition) is 1. The molecule has 3 heteroatoms. The van der Waals surface area contributed by atoms with Crippen molar-refractivity contribution in [3.05, 3.63) is 34.9 Å². The molecule has 1 atom stereocenters. The summed E-state index contributed by atoms with van der Waals surface area (Å²) < 4.78 is 5.08. The molecule has 1 heterocycles. The van der Waals surface area contributed by atoms with Gasteiger partial charge in [-0.3, -0.25) is 4.90 Å². The average molecular weight is 276 g/mol. The van der Waals surface area contributed by atoms with Crippen molar-refractivity contribution >= 4 is 0 Å². The molecule has 1 unspecified atom stereocenters. The van der Waals surface area contributed by atoms with E-state index in [9.17, 15) is 0 Å². The Morgan fingerprint density at radius 2 is 2.20 bits per heavy atom. The molecule has 1 aromatic rings. The van der Waals surface area contributed by atoms with Gasteiger partial charge in [-0.15, -0.1) is 0 Å². The largest absolute Gasteiger partial charge is 0.383 e. The summed E-state index contributed by atoms with van der Waals surface area (Å²) in [7, 11) is 1.75. The number of rotatable bonds is 7. The highest BCUT2D eigenvalue weighted by molar-refractivity contribution is 5.30. The first-order chi connectivity index (χ1) is 9.70. The second-order valence-electron chi connectivity index (χ2n) is 5.89. The van der Waals surface area contributed by atoms with Crippen LogP contribution in [0.1, 0.15) is 29.5 Å².